The number of allylic oxidation sites excluding steroid dienone is 1. The quantitative estimate of drug-likeness (QED) is 0.695. The second-order valence-corrected chi connectivity index (χ2v) is 2.58. The van der Waals surface area contributed by atoms with E-state index in [0.29, 0.717) is 12.2 Å². The maximum absolute atomic E-state index is 11.3. The third-order valence-corrected chi connectivity index (χ3v) is 1.65. The van der Waals surface area contributed by atoms with Crippen LogP contribution in [0.15, 0.2) is 28.8 Å². The Morgan fingerprint density at radius 1 is 1.75 bits per heavy atom. The van der Waals surface area contributed by atoms with Crippen LogP contribution in [-0.2, 0) is 6.54 Å². The molecule has 0 aliphatic rings. The zero-order chi connectivity index (χ0) is 8.97. The number of halogens is 1. The first-order valence-corrected chi connectivity index (χ1v) is 3.96. The number of aromatic nitrogens is 2. The fourth-order valence-electron chi connectivity index (χ4n) is 0.854. The standard InChI is InChI=1S/C8H9ClN2O/c1-7-8(12)11(5-2-3-9)6-4-10-7/h2-4,6H,5H2,1H3/b3-2+. The summed E-state index contributed by atoms with van der Waals surface area (Å²) >= 11 is 5.33. The summed E-state index contributed by atoms with van der Waals surface area (Å²) in [5.74, 6) is 0. The highest BCUT2D eigenvalue weighted by Gasteiger charge is 1.95. The highest BCUT2D eigenvalue weighted by atomic mass is 35.5. The van der Waals surface area contributed by atoms with Crippen LogP contribution < -0.4 is 5.56 Å². The summed E-state index contributed by atoms with van der Waals surface area (Å²) in [6.07, 6.45) is 4.92. The van der Waals surface area contributed by atoms with Crippen molar-refractivity contribution in [3.63, 3.8) is 0 Å². The lowest BCUT2D eigenvalue weighted by atomic mass is 10.4. The van der Waals surface area contributed by atoms with Crippen molar-refractivity contribution in [3.8, 4) is 0 Å². The Bertz CT molecular complexity index is 343. The second kappa shape index (κ2) is 4.07. The number of hydrogen-bond donors (Lipinski definition) is 0. The van der Waals surface area contributed by atoms with E-state index in [1.165, 1.54) is 5.54 Å². The fourth-order valence-corrected chi connectivity index (χ4v) is 0.933. The second-order valence-electron chi connectivity index (χ2n) is 2.33. The van der Waals surface area contributed by atoms with Crippen LogP contribution in [-0.4, -0.2) is 9.55 Å². The van der Waals surface area contributed by atoms with E-state index in [2.05, 4.69) is 4.98 Å². The molecule has 3 nitrogen and oxygen atoms in total. The summed E-state index contributed by atoms with van der Waals surface area (Å²) in [7, 11) is 0. The van der Waals surface area contributed by atoms with E-state index in [0.717, 1.165) is 0 Å². The molecule has 0 amide bonds. The fraction of sp³-hybridized carbons (Fsp3) is 0.250. The Balaban J connectivity index is 3.00. The zero-order valence-electron chi connectivity index (χ0n) is 6.70. The Labute approximate surface area is 75.3 Å². The smallest absolute Gasteiger partial charge is 0.272 e. The van der Waals surface area contributed by atoms with E-state index in [1.807, 2.05) is 0 Å². The molecule has 0 fully saturated rings. The summed E-state index contributed by atoms with van der Waals surface area (Å²) < 4.78 is 1.54. The molecule has 1 aromatic heterocycles. The number of aryl methyl sites for hydroxylation is 1. The van der Waals surface area contributed by atoms with Gasteiger partial charge in [-0.2, -0.15) is 0 Å². The van der Waals surface area contributed by atoms with Gasteiger partial charge in [0.2, 0.25) is 0 Å². The van der Waals surface area contributed by atoms with Gasteiger partial charge in [-0.1, -0.05) is 17.7 Å². The van der Waals surface area contributed by atoms with Gasteiger partial charge in [0.05, 0.1) is 0 Å². The Hall–Kier alpha value is -1.09. The van der Waals surface area contributed by atoms with Gasteiger partial charge in [-0.25, -0.2) is 0 Å². The summed E-state index contributed by atoms with van der Waals surface area (Å²) in [5.41, 5.74) is 1.81. The van der Waals surface area contributed by atoms with Crippen molar-refractivity contribution in [3.05, 3.63) is 40.1 Å². The molecule has 0 bridgehead atoms. The molecule has 0 aromatic carbocycles. The zero-order valence-corrected chi connectivity index (χ0v) is 7.45. The minimum atomic E-state index is -0.0766. The lowest BCUT2D eigenvalue weighted by molar-refractivity contribution is 0.755. The highest BCUT2D eigenvalue weighted by Crippen LogP contribution is 1.86. The van der Waals surface area contributed by atoms with Crippen LogP contribution in [0, 0.1) is 6.92 Å². The molecule has 12 heavy (non-hydrogen) atoms. The minimum Gasteiger partial charge on any atom is -0.309 e. The first-order valence-electron chi connectivity index (χ1n) is 3.53. The van der Waals surface area contributed by atoms with Crippen molar-refractivity contribution >= 4 is 11.6 Å². The third-order valence-electron chi connectivity index (χ3n) is 1.48. The van der Waals surface area contributed by atoms with Crippen LogP contribution in [0.4, 0.5) is 0 Å². The van der Waals surface area contributed by atoms with E-state index in [-0.39, 0.29) is 5.56 Å². The molecule has 0 N–H and O–H groups in total. The number of hydrogen-bond acceptors (Lipinski definition) is 2. The van der Waals surface area contributed by atoms with Gasteiger partial charge in [0, 0.05) is 24.5 Å². The van der Waals surface area contributed by atoms with E-state index in [1.54, 1.807) is 30.0 Å². The topological polar surface area (TPSA) is 34.9 Å². The molecule has 1 heterocycles. The summed E-state index contributed by atoms with van der Waals surface area (Å²) in [6, 6.07) is 0. The largest absolute Gasteiger partial charge is 0.309 e. The van der Waals surface area contributed by atoms with Crippen molar-refractivity contribution in [1.82, 2.24) is 9.55 Å². The lowest BCUT2D eigenvalue weighted by Crippen LogP contribution is -2.21. The molecule has 0 saturated heterocycles. The summed E-state index contributed by atoms with van der Waals surface area (Å²) in [5, 5.41) is 0. The molecule has 0 unspecified atom stereocenters. The van der Waals surface area contributed by atoms with Gasteiger partial charge in [0.1, 0.15) is 5.69 Å². The lowest BCUT2D eigenvalue weighted by Gasteiger charge is -2.00. The molecule has 0 radical (unpaired) electrons. The van der Waals surface area contributed by atoms with Gasteiger partial charge in [0.25, 0.3) is 5.56 Å². The molecule has 4 heteroatoms. The minimum absolute atomic E-state index is 0.0766. The first kappa shape index (κ1) is 9.00. The van der Waals surface area contributed by atoms with Crippen LogP contribution in [0.2, 0.25) is 0 Å². The van der Waals surface area contributed by atoms with Crippen molar-refractivity contribution in [2.45, 2.75) is 13.5 Å². The van der Waals surface area contributed by atoms with Crippen LogP contribution >= 0.6 is 11.6 Å². The van der Waals surface area contributed by atoms with Crippen molar-refractivity contribution < 1.29 is 0 Å². The van der Waals surface area contributed by atoms with E-state index < -0.39 is 0 Å². The predicted octanol–water partition coefficient (Wildman–Crippen LogP) is 1.30. The number of rotatable bonds is 2. The Morgan fingerprint density at radius 3 is 3.17 bits per heavy atom. The molecule has 64 valence electrons. The van der Waals surface area contributed by atoms with Crippen LogP contribution in [0.25, 0.3) is 0 Å². The third kappa shape index (κ3) is 1.95. The van der Waals surface area contributed by atoms with Gasteiger partial charge in [-0.15, -0.1) is 0 Å². The Kier molecular flexibility index (Phi) is 3.05. The SMILES string of the molecule is Cc1nccn(C/C=C/Cl)c1=O. The molecule has 0 saturated carbocycles. The molecule has 0 aliphatic heterocycles. The molecule has 1 rings (SSSR count). The molecule has 0 aliphatic carbocycles. The molecule has 0 spiro atoms. The van der Waals surface area contributed by atoms with Gasteiger partial charge in [0.15, 0.2) is 0 Å². The van der Waals surface area contributed by atoms with Gasteiger partial charge >= 0.3 is 0 Å². The van der Waals surface area contributed by atoms with E-state index in [4.69, 9.17) is 11.6 Å². The van der Waals surface area contributed by atoms with E-state index >= 15 is 0 Å². The maximum atomic E-state index is 11.3. The number of nitrogens with zero attached hydrogens (tertiary/aromatic N) is 2. The van der Waals surface area contributed by atoms with Crippen LogP contribution in [0.1, 0.15) is 5.69 Å². The van der Waals surface area contributed by atoms with Crippen molar-refractivity contribution in [2.24, 2.45) is 0 Å². The van der Waals surface area contributed by atoms with Gasteiger partial charge < -0.3 is 4.57 Å². The highest BCUT2D eigenvalue weighted by molar-refractivity contribution is 6.25. The average Bonchev–Trinajstić information content (AvgIpc) is 2.08. The van der Waals surface area contributed by atoms with Crippen molar-refractivity contribution in [1.29, 1.82) is 0 Å². The molecular formula is C8H9ClN2O. The van der Waals surface area contributed by atoms with Gasteiger partial charge in [-0.3, -0.25) is 9.78 Å². The normalized spacial score (nSPS) is 10.8. The first-order chi connectivity index (χ1) is 5.75. The summed E-state index contributed by atoms with van der Waals surface area (Å²) in [4.78, 5) is 15.2. The predicted molar refractivity (Wildman–Crippen MR) is 48.2 cm³/mol. The monoisotopic (exact) mass is 184 g/mol. The molecule has 0 atom stereocenters. The maximum Gasteiger partial charge on any atom is 0.272 e. The van der Waals surface area contributed by atoms with Crippen molar-refractivity contribution in [2.75, 3.05) is 0 Å². The Morgan fingerprint density at radius 2 is 2.50 bits per heavy atom. The van der Waals surface area contributed by atoms with Gasteiger partial charge in [-0.05, 0) is 6.92 Å². The average molecular weight is 185 g/mol. The van der Waals surface area contributed by atoms with Crippen LogP contribution in [0.3, 0.4) is 0 Å². The van der Waals surface area contributed by atoms with Crippen LogP contribution in [0.5, 0.6) is 0 Å². The van der Waals surface area contributed by atoms with E-state index in [9.17, 15) is 4.79 Å². The summed E-state index contributed by atoms with van der Waals surface area (Å²) in [6.45, 7) is 2.18. The molecule has 1 aromatic rings. The molecular weight excluding hydrogens is 176 g/mol.